The largest absolute Gasteiger partial charge is 0.483 e. The number of anilines is 1. The number of nitrogens with one attached hydrogen (secondary N) is 2. The Balaban J connectivity index is 0.00000220. The molecule has 0 unspecified atom stereocenters. The average molecular weight is 306 g/mol. The Morgan fingerprint density at radius 2 is 1.71 bits per heavy atom. The molecule has 0 aliphatic rings. The van der Waals surface area contributed by atoms with Crippen LogP contribution >= 0.6 is 12.4 Å². The molecule has 0 bridgehead atoms. The predicted molar refractivity (Wildman–Crippen MR) is 85.3 cm³/mol. The summed E-state index contributed by atoms with van der Waals surface area (Å²) in [6, 6.07) is 16.0. The normalized spacial score (nSPS) is 9.33. The molecular formula is C15H16ClN3O2. The molecule has 0 spiro atoms. The van der Waals surface area contributed by atoms with Gasteiger partial charge in [-0.3, -0.25) is 10.2 Å². The molecule has 4 N–H and O–H groups in total. The number of para-hydroxylation sites is 2. The molecule has 0 atom stereocenters. The predicted octanol–water partition coefficient (Wildman–Crippen LogP) is 2.41. The van der Waals surface area contributed by atoms with Gasteiger partial charge < -0.3 is 15.8 Å². The lowest BCUT2D eigenvalue weighted by Crippen LogP contribution is -2.21. The molecule has 1 amide bonds. The second kappa shape index (κ2) is 7.91. The summed E-state index contributed by atoms with van der Waals surface area (Å²) >= 11 is 0. The first-order valence-electron chi connectivity index (χ1n) is 6.08. The summed E-state index contributed by atoms with van der Waals surface area (Å²) in [6.07, 6.45) is 0. The minimum Gasteiger partial charge on any atom is -0.483 e. The zero-order valence-electron chi connectivity index (χ0n) is 11.2. The molecule has 2 aromatic carbocycles. The number of amides is 1. The number of benzene rings is 2. The maximum Gasteiger partial charge on any atom is 0.262 e. The Morgan fingerprint density at radius 1 is 1.10 bits per heavy atom. The maximum absolute atomic E-state index is 11.7. The molecule has 0 heterocycles. The van der Waals surface area contributed by atoms with E-state index in [1.54, 1.807) is 36.4 Å². The minimum atomic E-state index is -0.269. The highest BCUT2D eigenvalue weighted by atomic mass is 35.5. The molecule has 0 aromatic heterocycles. The Labute approximate surface area is 129 Å². The van der Waals surface area contributed by atoms with Crippen molar-refractivity contribution < 1.29 is 9.53 Å². The Kier molecular flexibility index (Phi) is 6.23. The van der Waals surface area contributed by atoms with Crippen molar-refractivity contribution >= 4 is 29.8 Å². The highest BCUT2D eigenvalue weighted by molar-refractivity contribution is 5.98. The summed E-state index contributed by atoms with van der Waals surface area (Å²) in [4.78, 5) is 11.7. The Morgan fingerprint density at radius 3 is 2.38 bits per heavy atom. The van der Waals surface area contributed by atoms with Crippen LogP contribution in [0.4, 0.5) is 5.69 Å². The van der Waals surface area contributed by atoms with Gasteiger partial charge in [0.2, 0.25) is 0 Å². The van der Waals surface area contributed by atoms with Crippen molar-refractivity contribution in [1.82, 2.24) is 0 Å². The summed E-state index contributed by atoms with van der Waals surface area (Å²) in [5.74, 6) is 0.0573. The van der Waals surface area contributed by atoms with Crippen LogP contribution in [0.2, 0.25) is 0 Å². The number of hydrogen-bond donors (Lipinski definition) is 3. The molecule has 0 radical (unpaired) electrons. The van der Waals surface area contributed by atoms with Gasteiger partial charge in [0.25, 0.3) is 5.91 Å². The molecule has 2 rings (SSSR count). The lowest BCUT2D eigenvalue weighted by atomic mass is 10.2. The second-order valence-corrected chi connectivity index (χ2v) is 4.11. The SMILES string of the molecule is Cl.N=C(N)c1ccccc1OCC(=O)Nc1ccccc1. The first-order valence-corrected chi connectivity index (χ1v) is 6.08. The molecule has 0 fully saturated rings. The van der Waals surface area contributed by atoms with Gasteiger partial charge in [-0.25, -0.2) is 0 Å². The highest BCUT2D eigenvalue weighted by Gasteiger charge is 2.08. The quantitative estimate of drug-likeness (QED) is 0.585. The van der Waals surface area contributed by atoms with E-state index in [1.807, 2.05) is 18.2 Å². The third-order valence-corrected chi connectivity index (χ3v) is 2.59. The summed E-state index contributed by atoms with van der Waals surface area (Å²) in [7, 11) is 0. The number of nitrogen functional groups attached to an aromatic ring is 1. The maximum atomic E-state index is 11.7. The number of amidine groups is 1. The van der Waals surface area contributed by atoms with E-state index < -0.39 is 0 Å². The zero-order chi connectivity index (χ0) is 14.4. The number of carbonyl (C=O) groups is 1. The van der Waals surface area contributed by atoms with Gasteiger partial charge in [-0.2, -0.15) is 0 Å². The van der Waals surface area contributed by atoms with Crippen molar-refractivity contribution in [2.45, 2.75) is 0 Å². The molecule has 0 saturated heterocycles. The fourth-order valence-electron chi connectivity index (χ4n) is 1.68. The molecule has 0 aliphatic carbocycles. The van der Waals surface area contributed by atoms with Gasteiger partial charge in [0.05, 0.1) is 5.56 Å². The third kappa shape index (κ3) is 4.81. The van der Waals surface area contributed by atoms with Gasteiger partial charge in [-0.1, -0.05) is 30.3 Å². The number of hydrogen-bond acceptors (Lipinski definition) is 3. The van der Waals surface area contributed by atoms with Crippen molar-refractivity contribution in [1.29, 1.82) is 5.41 Å². The van der Waals surface area contributed by atoms with E-state index in [1.165, 1.54) is 0 Å². The van der Waals surface area contributed by atoms with Crippen LogP contribution < -0.4 is 15.8 Å². The van der Waals surface area contributed by atoms with Gasteiger partial charge in [0.15, 0.2) is 6.61 Å². The number of nitrogens with two attached hydrogens (primary N) is 1. The van der Waals surface area contributed by atoms with Gasteiger partial charge in [0, 0.05) is 5.69 Å². The molecule has 21 heavy (non-hydrogen) atoms. The van der Waals surface area contributed by atoms with Gasteiger partial charge in [0.1, 0.15) is 11.6 Å². The minimum absolute atomic E-state index is 0. The van der Waals surface area contributed by atoms with Crippen LogP contribution in [0.5, 0.6) is 5.75 Å². The van der Waals surface area contributed by atoms with Gasteiger partial charge in [-0.15, -0.1) is 12.4 Å². The van der Waals surface area contributed by atoms with Crippen LogP contribution in [-0.4, -0.2) is 18.3 Å². The first-order chi connectivity index (χ1) is 9.66. The van der Waals surface area contributed by atoms with Crippen molar-refractivity contribution in [3.05, 3.63) is 60.2 Å². The molecule has 2 aromatic rings. The fourth-order valence-corrected chi connectivity index (χ4v) is 1.68. The van der Waals surface area contributed by atoms with Crippen LogP contribution in [0.25, 0.3) is 0 Å². The Bertz CT molecular complexity index is 617. The highest BCUT2D eigenvalue weighted by Crippen LogP contribution is 2.17. The molecular weight excluding hydrogens is 290 g/mol. The van der Waals surface area contributed by atoms with E-state index >= 15 is 0 Å². The number of carbonyl (C=O) groups excluding carboxylic acids is 1. The van der Waals surface area contributed by atoms with E-state index in [9.17, 15) is 4.79 Å². The Hall–Kier alpha value is -2.53. The zero-order valence-corrected chi connectivity index (χ0v) is 12.0. The van der Waals surface area contributed by atoms with Crippen LogP contribution in [0.15, 0.2) is 54.6 Å². The van der Waals surface area contributed by atoms with Gasteiger partial charge >= 0.3 is 0 Å². The third-order valence-electron chi connectivity index (χ3n) is 2.59. The fraction of sp³-hybridized carbons (Fsp3) is 0.0667. The molecule has 5 nitrogen and oxygen atoms in total. The summed E-state index contributed by atoms with van der Waals surface area (Å²) in [5.41, 5.74) is 6.63. The van der Waals surface area contributed by atoms with Crippen molar-refractivity contribution in [2.24, 2.45) is 5.73 Å². The van der Waals surface area contributed by atoms with E-state index in [2.05, 4.69) is 5.32 Å². The van der Waals surface area contributed by atoms with Crippen LogP contribution in [0, 0.1) is 5.41 Å². The summed E-state index contributed by atoms with van der Waals surface area (Å²) in [5, 5.41) is 10.2. The van der Waals surface area contributed by atoms with Crippen LogP contribution in [-0.2, 0) is 4.79 Å². The van der Waals surface area contributed by atoms with E-state index in [4.69, 9.17) is 15.9 Å². The van der Waals surface area contributed by atoms with Gasteiger partial charge in [-0.05, 0) is 24.3 Å². The lowest BCUT2D eigenvalue weighted by Gasteiger charge is -2.10. The smallest absolute Gasteiger partial charge is 0.262 e. The summed E-state index contributed by atoms with van der Waals surface area (Å²) in [6.45, 7) is -0.140. The summed E-state index contributed by atoms with van der Waals surface area (Å²) < 4.78 is 5.40. The number of rotatable bonds is 5. The lowest BCUT2D eigenvalue weighted by molar-refractivity contribution is -0.118. The van der Waals surface area contributed by atoms with Crippen molar-refractivity contribution in [2.75, 3.05) is 11.9 Å². The molecule has 0 aliphatic heterocycles. The average Bonchev–Trinajstić information content (AvgIpc) is 2.46. The molecule has 6 heteroatoms. The van der Waals surface area contributed by atoms with Crippen LogP contribution in [0.1, 0.15) is 5.56 Å². The second-order valence-electron chi connectivity index (χ2n) is 4.11. The molecule has 110 valence electrons. The van der Waals surface area contributed by atoms with Crippen LogP contribution in [0.3, 0.4) is 0 Å². The number of halogens is 1. The van der Waals surface area contributed by atoms with E-state index in [-0.39, 0.29) is 30.8 Å². The van der Waals surface area contributed by atoms with Crippen molar-refractivity contribution in [3.8, 4) is 5.75 Å². The monoisotopic (exact) mass is 305 g/mol. The standard InChI is InChI=1S/C15H15N3O2.ClH/c16-15(17)12-8-4-5-9-13(12)20-10-14(19)18-11-6-2-1-3-7-11;/h1-9H,10H2,(H3,16,17)(H,18,19);1H. The topological polar surface area (TPSA) is 88.2 Å². The number of ether oxygens (including phenoxy) is 1. The van der Waals surface area contributed by atoms with E-state index in [0.29, 0.717) is 17.0 Å². The molecule has 0 saturated carbocycles. The van der Waals surface area contributed by atoms with Crippen molar-refractivity contribution in [3.63, 3.8) is 0 Å². The first kappa shape index (κ1) is 16.5. The van der Waals surface area contributed by atoms with E-state index in [0.717, 1.165) is 0 Å².